The van der Waals surface area contributed by atoms with Crippen molar-refractivity contribution in [2.75, 3.05) is 20.8 Å². The van der Waals surface area contributed by atoms with Crippen LogP contribution >= 0.6 is 0 Å². The third kappa shape index (κ3) is 4.19. The standard InChI is InChI=1S/C27H30O7/c1-30-22-12-11-19(18-9-6-10-20-21(18)15-32-26(20)29)23(24(22)31-2)33-16-27(13-14-27)34-25(28)17-7-4-3-5-8-17/h6,9-12,17H,3-5,7-8,13-16H2,1-2H3. The molecule has 2 aromatic carbocycles. The van der Waals surface area contributed by atoms with Gasteiger partial charge in [-0.25, -0.2) is 4.79 Å². The number of fused-ring (bicyclic) bond motifs is 1. The molecule has 0 N–H and O–H groups in total. The third-order valence-electron chi connectivity index (χ3n) is 7.08. The number of benzene rings is 2. The average Bonchev–Trinajstić information content (AvgIpc) is 3.54. The number of cyclic esters (lactones) is 1. The number of ether oxygens (including phenoxy) is 5. The molecule has 0 atom stereocenters. The van der Waals surface area contributed by atoms with Crippen LogP contribution in [0.4, 0.5) is 0 Å². The number of hydrogen-bond donors (Lipinski definition) is 0. The summed E-state index contributed by atoms with van der Waals surface area (Å²) in [6, 6.07) is 9.23. The maximum atomic E-state index is 12.8. The molecule has 1 heterocycles. The van der Waals surface area contributed by atoms with Crippen molar-refractivity contribution < 1.29 is 33.3 Å². The largest absolute Gasteiger partial charge is 0.493 e. The molecule has 180 valence electrons. The van der Waals surface area contributed by atoms with Crippen molar-refractivity contribution in [1.82, 2.24) is 0 Å². The highest BCUT2D eigenvalue weighted by Crippen LogP contribution is 2.48. The van der Waals surface area contributed by atoms with Gasteiger partial charge in [0.2, 0.25) is 5.75 Å². The fourth-order valence-corrected chi connectivity index (χ4v) is 4.91. The minimum Gasteiger partial charge on any atom is -0.493 e. The van der Waals surface area contributed by atoms with Crippen LogP contribution in [0.3, 0.4) is 0 Å². The molecule has 0 radical (unpaired) electrons. The zero-order valence-electron chi connectivity index (χ0n) is 19.7. The van der Waals surface area contributed by atoms with E-state index in [4.69, 9.17) is 23.7 Å². The second-order valence-electron chi connectivity index (χ2n) is 9.31. The molecular formula is C27H30O7. The summed E-state index contributed by atoms with van der Waals surface area (Å²) in [5, 5.41) is 0. The van der Waals surface area contributed by atoms with Gasteiger partial charge < -0.3 is 23.7 Å². The Bertz CT molecular complexity index is 1100. The Morgan fingerprint density at radius 3 is 2.44 bits per heavy atom. The third-order valence-corrected chi connectivity index (χ3v) is 7.08. The molecule has 0 unspecified atom stereocenters. The Balaban J connectivity index is 1.43. The molecule has 7 heteroatoms. The Kier molecular flexibility index (Phi) is 6.11. The van der Waals surface area contributed by atoms with E-state index in [0.29, 0.717) is 22.8 Å². The van der Waals surface area contributed by atoms with E-state index < -0.39 is 5.60 Å². The van der Waals surface area contributed by atoms with Crippen LogP contribution in [0.2, 0.25) is 0 Å². The van der Waals surface area contributed by atoms with E-state index >= 15 is 0 Å². The van der Waals surface area contributed by atoms with Crippen molar-refractivity contribution in [3.63, 3.8) is 0 Å². The lowest BCUT2D eigenvalue weighted by molar-refractivity contribution is -0.159. The summed E-state index contributed by atoms with van der Waals surface area (Å²) < 4.78 is 28.8. The van der Waals surface area contributed by atoms with Gasteiger partial charge in [0.25, 0.3) is 0 Å². The van der Waals surface area contributed by atoms with Gasteiger partial charge in [0.1, 0.15) is 18.8 Å². The first-order chi connectivity index (χ1) is 16.5. The van der Waals surface area contributed by atoms with E-state index in [0.717, 1.165) is 55.2 Å². The SMILES string of the molecule is COc1ccc(-c2cccc3c2COC3=O)c(OCC2(OC(=O)C3CCCCC3)CC2)c1OC. The summed E-state index contributed by atoms with van der Waals surface area (Å²) in [7, 11) is 3.13. The molecule has 2 saturated carbocycles. The molecule has 0 aromatic heterocycles. The maximum Gasteiger partial charge on any atom is 0.338 e. The summed E-state index contributed by atoms with van der Waals surface area (Å²) in [6.45, 7) is 0.438. The van der Waals surface area contributed by atoms with Crippen LogP contribution in [0.15, 0.2) is 30.3 Å². The number of carbonyl (C=O) groups excluding carboxylic acids is 2. The molecule has 2 aromatic rings. The highest BCUT2D eigenvalue weighted by Gasteiger charge is 2.49. The molecule has 34 heavy (non-hydrogen) atoms. The summed E-state index contributed by atoms with van der Waals surface area (Å²) in [6.07, 6.45) is 6.72. The van der Waals surface area contributed by atoms with E-state index in [1.165, 1.54) is 6.42 Å². The van der Waals surface area contributed by atoms with Crippen LogP contribution in [0.5, 0.6) is 17.2 Å². The number of rotatable bonds is 8. The fourth-order valence-electron chi connectivity index (χ4n) is 4.91. The second kappa shape index (κ2) is 9.20. The summed E-state index contributed by atoms with van der Waals surface area (Å²) in [5.41, 5.74) is 2.37. The van der Waals surface area contributed by atoms with Crippen molar-refractivity contribution in [3.05, 3.63) is 41.5 Å². The van der Waals surface area contributed by atoms with Crippen molar-refractivity contribution >= 4 is 11.9 Å². The maximum absolute atomic E-state index is 12.8. The monoisotopic (exact) mass is 466 g/mol. The number of carbonyl (C=O) groups is 2. The number of methoxy groups -OCH3 is 2. The van der Waals surface area contributed by atoms with E-state index in [2.05, 4.69) is 0 Å². The Morgan fingerprint density at radius 1 is 0.971 bits per heavy atom. The molecule has 0 amide bonds. The van der Waals surface area contributed by atoms with Crippen LogP contribution in [-0.2, 0) is 20.9 Å². The molecule has 0 saturated heterocycles. The summed E-state index contributed by atoms with van der Waals surface area (Å²) >= 11 is 0. The predicted molar refractivity (Wildman–Crippen MR) is 124 cm³/mol. The number of esters is 2. The quantitative estimate of drug-likeness (QED) is 0.502. The van der Waals surface area contributed by atoms with Gasteiger partial charge in [0.05, 0.1) is 25.7 Å². The van der Waals surface area contributed by atoms with Gasteiger partial charge in [-0.15, -0.1) is 0 Å². The van der Waals surface area contributed by atoms with Crippen molar-refractivity contribution in [1.29, 1.82) is 0 Å². The van der Waals surface area contributed by atoms with Crippen LogP contribution in [0.1, 0.15) is 60.9 Å². The minimum atomic E-state index is -0.600. The molecule has 2 aliphatic carbocycles. The highest BCUT2D eigenvalue weighted by atomic mass is 16.6. The van der Waals surface area contributed by atoms with Gasteiger partial charge in [-0.1, -0.05) is 31.4 Å². The van der Waals surface area contributed by atoms with Gasteiger partial charge >= 0.3 is 11.9 Å². The minimum absolute atomic E-state index is 0.00224. The molecule has 0 bridgehead atoms. The predicted octanol–water partition coefficient (Wildman–Crippen LogP) is 5.08. The highest BCUT2D eigenvalue weighted by molar-refractivity contribution is 5.96. The molecular weight excluding hydrogens is 436 g/mol. The van der Waals surface area contributed by atoms with Crippen LogP contribution in [0, 0.1) is 5.92 Å². The lowest BCUT2D eigenvalue weighted by Gasteiger charge is -2.25. The number of hydrogen-bond acceptors (Lipinski definition) is 7. The van der Waals surface area contributed by atoms with Gasteiger partial charge in [-0.3, -0.25) is 4.79 Å². The van der Waals surface area contributed by atoms with Crippen molar-refractivity contribution in [3.8, 4) is 28.4 Å². The average molecular weight is 467 g/mol. The first-order valence-corrected chi connectivity index (χ1v) is 12.0. The van der Waals surface area contributed by atoms with Gasteiger partial charge in [0.15, 0.2) is 11.5 Å². The van der Waals surface area contributed by atoms with E-state index in [9.17, 15) is 9.59 Å². The van der Waals surface area contributed by atoms with Gasteiger partial charge in [-0.05, 0) is 49.4 Å². The lowest BCUT2D eigenvalue weighted by Crippen LogP contribution is -2.31. The van der Waals surface area contributed by atoms with E-state index in [1.54, 1.807) is 20.3 Å². The van der Waals surface area contributed by atoms with Crippen LogP contribution < -0.4 is 14.2 Å². The molecule has 2 fully saturated rings. The smallest absolute Gasteiger partial charge is 0.338 e. The topological polar surface area (TPSA) is 80.3 Å². The first-order valence-electron chi connectivity index (χ1n) is 12.0. The molecule has 3 aliphatic rings. The first kappa shape index (κ1) is 22.6. The summed E-state index contributed by atoms with van der Waals surface area (Å²) in [5.74, 6) is 1.05. The zero-order chi connectivity index (χ0) is 23.7. The molecule has 0 spiro atoms. The van der Waals surface area contributed by atoms with Crippen molar-refractivity contribution in [2.24, 2.45) is 5.92 Å². The van der Waals surface area contributed by atoms with E-state index in [-0.39, 0.29) is 31.1 Å². The second-order valence-corrected chi connectivity index (χ2v) is 9.31. The zero-order valence-corrected chi connectivity index (χ0v) is 19.7. The summed E-state index contributed by atoms with van der Waals surface area (Å²) in [4.78, 5) is 24.9. The molecule has 1 aliphatic heterocycles. The van der Waals surface area contributed by atoms with Crippen LogP contribution in [0.25, 0.3) is 11.1 Å². The van der Waals surface area contributed by atoms with Crippen molar-refractivity contribution in [2.45, 2.75) is 57.2 Å². The van der Waals surface area contributed by atoms with Gasteiger partial charge in [-0.2, -0.15) is 0 Å². The molecule has 5 rings (SSSR count). The Labute approximate surface area is 199 Å². The normalized spacial score (nSPS) is 18.6. The Hall–Kier alpha value is -3.22. The fraction of sp³-hybridized carbons (Fsp3) is 0.481. The molecule has 7 nitrogen and oxygen atoms in total. The van der Waals surface area contributed by atoms with Crippen LogP contribution in [-0.4, -0.2) is 38.4 Å². The van der Waals surface area contributed by atoms with E-state index in [1.807, 2.05) is 24.3 Å². The Morgan fingerprint density at radius 2 is 1.74 bits per heavy atom. The lowest BCUT2D eigenvalue weighted by atomic mass is 9.89. The van der Waals surface area contributed by atoms with Gasteiger partial charge in [0, 0.05) is 11.1 Å².